The number of likely N-dealkylation sites (tertiary alicyclic amines) is 1. The lowest BCUT2D eigenvalue weighted by molar-refractivity contribution is -0.127. The van der Waals surface area contributed by atoms with Crippen LogP contribution in [0.4, 0.5) is 5.69 Å². The fraction of sp³-hybridized carbons (Fsp3) is 0.417. The van der Waals surface area contributed by atoms with Crippen molar-refractivity contribution in [2.75, 3.05) is 23.7 Å². The van der Waals surface area contributed by atoms with Crippen LogP contribution in [0.3, 0.4) is 0 Å². The van der Waals surface area contributed by atoms with Crippen LogP contribution in [0, 0.1) is 0 Å². The molecule has 0 spiro atoms. The molecule has 1 heterocycles. The van der Waals surface area contributed by atoms with Crippen LogP contribution in [-0.4, -0.2) is 64.2 Å². The zero-order chi connectivity index (χ0) is 26.1. The van der Waals surface area contributed by atoms with Crippen molar-refractivity contribution in [3.8, 4) is 11.1 Å². The molecule has 2 aromatic rings. The number of hydrogen-bond acceptors (Lipinski definition) is 6. The molecule has 0 aromatic heterocycles. The van der Waals surface area contributed by atoms with Gasteiger partial charge >= 0.3 is 0 Å². The van der Waals surface area contributed by atoms with E-state index < -0.39 is 37.2 Å². The van der Waals surface area contributed by atoms with Crippen molar-refractivity contribution in [1.82, 2.24) is 9.62 Å². The number of hydrogen-bond donors (Lipinski definition) is 1. The zero-order valence-corrected chi connectivity index (χ0v) is 22.1. The van der Waals surface area contributed by atoms with Gasteiger partial charge < -0.3 is 4.90 Å². The Morgan fingerprint density at radius 3 is 2.11 bits per heavy atom. The Bertz CT molecular complexity index is 1320. The first-order chi connectivity index (χ1) is 16.2. The van der Waals surface area contributed by atoms with E-state index in [9.17, 15) is 26.4 Å². The predicted molar refractivity (Wildman–Crippen MR) is 136 cm³/mol. The fourth-order valence-corrected chi connectivity index (χ4v) is 6.10. The Morgan fingerprint density at radius 2 is 1.60 bits per heavy atom. The predicted octanol–water partition coefficient (Wildman–Crippen LogP) is 2.31. The molecular weight excluding hydrogens is 490 g/mol. The third-order valence-electron chi connectivity index (χ3n) is 6.07. The molecular formula is C24H31N3O6S2. The van der Waals surface area contributed by atoms with Crippen molar-refractivity contribution in [1.29, 1.82) is 0 Å². The first kappa shape index (κ1) is 26.8. The van der Waals surface area contributed by atoms with E-state index in [-0.39, 0.29) is 17.5 Å². The minimum Gasteiger partial charge on any atom is -0.341 e. The fourth-order valence-electron chi connectivity index (χ4n) is 4.21. The van der Waals surface area contributed by atoms with E-state index in [4.69, 9.17) is 0 Å². The van der Waals surface area contributed by atoms with Gasteiger partial charge in [-0.15, -0.1) is 0 Å². The van der Waals surface area contributed by atoms with Gasteiger partial charge in [0, 0.05) is 38.9 Å². The van der Waals surface area contributed by atoms with Crippen molar-refractivity contribution in [2.45, 2.75) is 44.9 Å². The standard InChI is InChI=1S/C24H31N3O6S2/c1-16(2)35(32,33)25-24-15-26(17(3)28)14-23(24)20-11-9-19(10-12-20)21-7-6-8-22(13-21)27(18(4)29)34(5,30)31/h6-13,16,23-25H,14-15H2,1-5H3/t23-,24+/m1/s1. The summed E-state index contributed by atoms with van der Waals surface area (Å²) in [6.45, 7) is 6.56. The maximum Gasteiger partial charge on any atom is 0.238 e. The number of benzene rings is 2. The summed E-state index contributed by atoms with van der Waals surface area (Å²) in [7, 11) is -7.30. The van der Waals surface area contributed by atoms with Gasteiger partial charge in [0.1, 0.15) is 0 Å². The summed E-state index contributed by atoms with van der Waals surface area (Å²) in [5.74, 6) is -0.937. The maximum absolute atomic E-state index is 12.5. The molecule has 2 atom stereocenters. The van der Waals surface area contributed by atoms with E-state index in [1.165, 1.54) is 13.8 Å². The Morgan fingerprint density at radius 1 is 0.971 bits per heavy atom. The molecule has 1 saturated heterocycles. The van der Waals surface area contributed by atoms with Crippen LogP contribution in [-0.2, 0) is 29.6 Å². The Kier molecular flexibility index (Phi) is 7.73. The SMILES string of the molecule is CC(=O)N1C[C@H](NS(=O)(=O)C(C)C)[C@@H](c2ccc(-c3cccc(N(C(C)=O)S(C)(=O)=O)c3)cc2)C1. The number of sulfonamides is 2. The third-order valence-corrected chi connectivity index (χ3v) is 9.08. The Hall–Kier alpha value is -2.76. The van der Waals surface area contributed by atoms with Gasteiger partial charge in [0.05, 0.1) is 17.2 Å². The van der Waals surface area contributed by atoms with Crippen LogP contribution in [0.15, 0.2) is 48.5 Å². The number of rotatable bonds is 7. The van der Waals surface area contributed by atoms with Crippen molar-refractivity contribution in [2.24, 2.45) is 0 Å². The van der Waals surface area contributed by atoms with Crippen molar-refractivity contribution in [3.05, 3.63) is 54.1 Å². The van der Waals surface area contributed by atoms with Gasteiger partial charge in [-0.25, -0.2) is 25.9 Å². The number of carbonyl (C=O) groups is 2. The van der Waals surface area contributed by atoms with Crippen molar-refractivity contribution in [3.63, 3.8) is 0 Å². The Labute approximate surface area is 207 Å². The Balaban J connectivity index is 1.91. The smallest absolute Gasteiger partial charge is 0.238 e. The second-order valence-corrected chi connectivity index (χ2v) is 13.2. The van der Waals surface area contributed by atoms with Crippen LogP contribution in [0.25, 0.3) is 11.1 Å². The third kappa shape index (κ3) is 6.09. The van der Waals surface area contributed by atoms with Gasteiger partial charge in [0.25, 0.3) is 0 Å². The summed E-state index contributed by atoms with van der Waals surface area (Å²) in [6, 6.07) is 13.7. The molecule has 0 radical (unpaired) electrons. The first-order valence-corrected chi connectivity index (χ1v) is 14.6. The molecule has 2 amide bonds. The second kappa shape index (κ2) is 10.1. The van der Waals surface area contributed by atoms with E-state index >= 15 is 0 Å². The normalized spacial score (nSPS) is 18.6. The summed E-state index contributed by atoms with van der Waals surface area (Å²) in [4.78, 5) is 25.6. The summed E-state index contributed by atoms with van der Waals surface area (Å²) in [5, 5.41) is -0.592. The summed E-state index contributed by atoms with van der Waals surface area (Å²) >= 11 is 0. The lowest BCUT2D eigenvalue weighted by atomic mass is 9.93. The molecule has 1 fully saturated rings. The van der Waals surface area contributed by atoms with Crippen LogP contribution < -0.4 is 9.03 Å². The van der Waals surface area contributed by atoms with E-state index in [1.807, 2.05) is 30.3 Å². The van der Waals surface area contributed by atoms with Gasteiger partial charge in [-0.2, -0.15) is 0 Å². The highest BCUT2D eigenvalue weighted by atomic mass is 32.2. The van der Waals surface area contributed by atoms with Gasteiger partial charge in [0.15, 0.2) is 0 Å². The minimum absolute atomic E-state index is 0.115. The summed E-state index contributed by atoms with van der Waals surface area (Å²) in [5.41, 5.74) is 2.65. The molecule has 9 nitrogen and oxygen atoms in total. The first-order valence-electron chi connectivity index (χ1n) is 11.2. The number of carbonyl (C=O) groups excluding carboxylic acids is 2. The molecule has 35 heavy (non-hydrogen) atoms. The summed E-state index contributed by atoms with van der Waals surface area (Å²) < 4.78 is 52.7. The minimum atomic E-state index is -3.78. The van der Waals surface area contributed by atoms with Gasteiger partial charge in [-0.3, -0.25) is 9.59 Å². The molecule has 0 unspecified atom stereocenters. The topological polar surface area (TPSA) is 121 Å². The maximum atomic E-state index is 12.5. The molecule has 11 heteroatoms. The quantitative estimate of drug-likeness (QED) is 0.597. The second-order valence-electron chi connectivity index (χ2n) is 9.07. The highest BCUT2D eigenvalue weighted by molar-refractivity contribution is 7.92. The molecule has 2 aromatic carbocycles. The van der Waals surface area contributed by atoms with E-state index in [0.29, 0.717) is 13.1 Å². The molecule has 3 rings (SSSR count). The highest BCUT2D eigenvalue weighted by Crippen LogP contribution is 2.32. The number of amides is 2. The lowest BCUT2D eigenvalue weighted by Crippen LogP contribution is -2.43. The average Bonchev–Trinajstić information content (AvgIpc) is 3.16. The zero-order valence-electron chi connectivity index (χ0n) is 20.4. The summed E-state index contributed by atoms with van der Waals surface area (Å²) in [6.07, 6.45) is 0.978. The van der Waals surface area contributed by atoms with Crippen LogP contribution in [0.5, 0.6) is 0 Å². The number of nitrogens with one attached hydrogen (secondary N) is 1. The molecule has 1 N–H and O–H groups in total. The van der Waals surface area contributed by atoms with Gasteiger partial charge in [-0.1, -0.05) is 36.4 Å². The monoisotopic (exact) mass is 521 g/mol. The van der Waals surface area contributed by atoms with Crippen LogP contribution in [0.2, 0.25) is 0 Å². The van der Waals surface area contributed by atoms with Crippen LogP contribution in [0.1, 0.15) is 39.2 Å². The van der Waals surface area contributed by atoms with E-state index in [2.05, 4.69) is 4.72 Å². The molecule has 0 bridgehead atoms. The molecule has 0 aliphatic carbocycles. The molecule has 0 saturated carbocycles. The average molecular weight is 522 g/mol. The number of anilines is 1. The molecule has 1 aliphatic rings. The van der Waals surface area contributed by atoms with Gasteiger partial charge in [0.2, 0.25) is 31.9 Å². The van der Waals surface area contributed by atoms with Gasteiger partial charge in [-0.05, 0) is 42.7 Å². The lowest BCUT2D eigenvalue weighted by Gasteiger charge is -2.21. The van der Waals surface area contributed by atoms with Crippen LogP contribution >= 0.6 is 0 Å². The van der Waals surface area contributed by atoms with Crippen molar-refractivity contribution < 1.29 is 26.4 Å². The highest BCUT2D eigenvalue weighted by Gasteiger charge is 2.38. The van der Waals surface area contributed by atoms with Crippen molar-refractivity contribution >= 4 is 37.5 Å². The molecule has 190 valence electrons. The largest absolute Gasteiger partial charge is 0.341 e. The molecule has 1 aliphatic heterocycles. The van der Waals surface area contributed by atoms with E-state index in [1.54, 1.807) is 36.9 Å². The number of nitrogens with zero attached hydrogens (tertiary/aromatic N) is 2. The van der Waals surface area contributed by atoms with E-state index in [0.717, 1.165) is 27.3 Å².